The zero-order chi connectivity index (χ0) is 17.2. The van der Waals surface area contributed by atoms with E-state index in [0.29, 0.717) is 6.54 Å². The molecule has 3 aromatic carbocycles. The zero-order valence-electron chi connectivity index (χ0n) is 14.0. The Kier molecular flexibility index (Phi) is 3.98. The lowest BCUT2D eigenvalue weighted by molar-refractivity contribution is 0.0735. The predicted octanol–water partition coefficient (Wildman–Crippen LogP) is 4.13. The number of benzene rings is 3. The van der Waals surface area contributed by atoms with Crippen LogP contribution in [0.1, 0.15) is 21.5 Å². The molecular formula is C22H20N2O. The van der Waals surface area contributed by atoms with Crippen molar-refractivity contribution in [2.24, 2.45) is 0 Å². The van der Waals surface area contributed by atoms with Crippen molar-refractivity contribution in [3.63, 3.8) is 0 Å². The number of amides is 1. The molecular weight excluding hydrogens is 308 g/mol. The van der Waals surface area contributed by atoms with E-state index >= 15 is 0 Å². The monoisotopic (exact) mass is 328 g/mol. The van der Waals surface area contributed by atoms with Crippen LogP contribution in [0, 0.1) is 0 Å². The van der Waals surface area contributed by atoms with Crippen molar-refractivity contribution in [1.82, 2.24) is 4.90 Å². The molecule has 0 unspecified atom stereocenters. The number of nitrogen functional groups attached to an aromatic ring is 1. The van der Waals surface area contributed by atoms with Crippen LogP contribution in [0.3, 0.4) is 0 Å². The van der Waals surface area contributed by atoms with Gasteiger partial charge in [0.25, 0.3) is 5.91 Å². The number of fused-ring (bicyclic) bond motifs is 1. The van der Waals surface area contributed by atoms with Crippen molar-refractivity contribution in [2.75, 3.05) is 12.3 Å². The summed E-state index contributed by atoms with van der Waals surface area (Å²) in [6.45, 7) is 1.37. The number of carbonyl (C=O) groups excluding carboxylic acids is 1. The van der Waals surface area contributed by atoms with E-state index in [1.807, 2.05) is 59.5 Å². The molecule has 0 aliphatic carbocycles. The van der Waals surface area contributed by atoms with Crippen LogP contribution in [-0.2, 0) is 13.0 Å². The first-order valence-corrected chi connectivity index (χ1v) is 8.53. The van der Waals surface area contributed by atoms with Crippen LogP contribution in [0.2, 0.25) is 0 Å². The lowest BCUT2D eigenvalue weighted by Gasteiger charge is -2.29. The van der Waals surface area contributed by atoms with Gasteiger partial charge in [0.1, 0.15) is 0 Å². The van der Waals surface area contributed by atoms with Crippen molar-refractivity contribution >= 4 is 11.6 Å². The maximum absolute atomic E-state index is 12.8. The minimum Gasteiger partial charge on any atom is -0.399 e. The number of nitrogens with zero attached hydrogens (tertiary/aromatic N) is 1. The molecule has 0 fully saturated rings. The first-order chi connectivity index (χ1) is 12.2. The normalized spacial score (nSPS) is 13.4. The fourth-order valence-corrected chi connectivity index (χ4v) is 3.37. The van der Waals surface area contributed by atoms with Crippen molar-refractivity contribution in [2.45, 2.75) is 13.0 Å². The number of carbonyl (C=O) groups is 1. The minimum atomic E-state index is 0.0766. The topological polar surface area (TPSA) is 46.3 Å². The summed E-state index contributed by atoms with van der Waals surface area (Å²) >= 11 is 0. The quantitative estimate of drug-likeness (QED) is 0.719. The molecule has 25 heavy (non-hydrogen) atoms. The third kappa shape index (κ3) is 3.13. The Labute approximate surface area is 147 Å². The molecule has 0 spiro atoms. The minimum absolute atomic E-state index is 0.0766. The number of hydrogen-bond donors (Lipinski definition) is 1. The molecule has 0 atom stereocenters. The Morgan fingerprint density at radius 3 is 2.32 bits per heavy atom. The lowest BCUT2D eigenvalue weighted by Crippen LogP contribution is -2.35. The Morgan fingerprint density at radius 2 is 1.56 bits per heavy atom. The predicted molar refractivity (Wildman–Crippen MR) is 101 cm³/mol. The third-order valence-corrected chi connectivity index (χ3v) is 4.77. The van der Waals surface area contributed by atoms with Crippen LogP contribution in [0.25, 0.3) is 11.1 Å². The second kappa shape index (κ2) is 6.44. The molecule has 124 valence electrons. The number of anilines is 1. The largest absolute Gasteiger partial charge is 0.399 e. The first-order valence-electron chi connectivity index (χ1n) is 8.53. The van der Waals surface area contributed by atoms with Gasteiger partial charge in [0, 0.05) is 24.3 Å². The summed E-state index contributed by atoms with van der Waals surface area (Å²) in [6.07, 6.45) is 0.878. The van der Waals surface area contributed by atoms with Gasteiger partial charge in [0.05, 0.1) is 0 Å². The van der Waals surface area contributed by atoms with E-state index in [9.17, 15) is 4.79 Å². The average molecular weight is 328 g/mol. The smallest absolute Gasteiger partial charge is 0.254 e. The van der Waals surface area contributed by atoms with Gasteiger partial charge in [0.2, 0.25) is 0 Å². The molecule has 3 aromatic rings. The van der Waals surface area contributed by atoms with Crippen LogP contribution in [0.5, 0.6) is 0 Å². The van der Waals surface area contributed by atoms with Gasteiger partial charge in [-0.25, -0.2) is 0 Å². The summed E-state index contributed by atoms with van der Waals surface area (Å²) in [5.41, 5.74) is 12.1. The molecule has 0 aromatic heterocycles. The standard InChI is InChI=1S/C22H20N2O/c23-21-11-10-18-12-13-24(15-20(18)14-21)22(25)19-8-6-17(7-9-19)16-4-2-1-3-5-16/h1-11,14H,12-13,15,23H2. The fourth-order valence-electron chi connectivity index (χ4n) is 3.37. The molecule has 3 nitrogen and oxygen atoms in total. The van der Waals surface area contributed by atoms with Crippen molar-refractivity contribution in [3.8, 4) is 11.1 Å². The Hall–Kier alpha value is -3.07. The molecule has 1 heterocycles. The van der Waals surface area contributed by atoms with E-state index in [0.717, 1.165) is 40.9 Å². The van der Waals surface area contributed by atoms with E-state index in [1.54, 1.807) is 0 Å². The highest BCUT2D eigenvalue weighted by molar-refractivity contribution is 5.94. The van der Waals surface area contributed by atoms with E-state index in [-0.39, 0.29) is 5.91 Å². The number of nitrogens with two attached hydrogens (primary N) is 1. The van der Waals surface area contributed by atoms with Crippen molar-refractivity contribution < 1.29 is 4.79 Å². The first kappa shape index (κ1) is 15.5. The van der Waals surface area contributed by atoms with E-state index in [2.05, 4.69) is 18.2 Å². The Bertz CT molecular complexity index is 901. The summed E-state index contributed by atoms with van der Waals surface area (Å²) in [5.74, 6) is 0.0766. The van der Waals surface area contributed by atoms with Gasteiger partial charge in [0.15, 0.2) is 0 Å². The van der Waals surface area contributed by atoms with Gasteiger partial charge in [-0.05, 0) is 52.9 Å². The van der Waals surface area contributed by atoms with Crippen molar-refractivity contribution in [3.05, 3.63) is 89.5 Å². The SMILES string of the molecule is Nc1ccc2c(c1)CN(C(=O)c1ccc(-c3ccccc3)cc1)CC2. The summed E-state index contributed by atoms with van der Waals surface area (Å²) in [7, 11) is 0. The fraction of sp³-hybridized carbons (Fsp3) is 0.136. The Morgan fingerprint density at radius 1 is 0.840 bits per heavy atom. The molecule has 4 rings (SSSR count). The highest BCUT2D eigenvalue weighted by Gasteiger charge is 2.21. The summed E-state index contributed by atoms with van der Waals surface area (Å²) in [4.78, 5) is 14.7. The second-order valence-corrected chi connectivity index (χ2v) is 6.45. The van der Waals surface area contributed by atoms with Gasteiger partial charge in [-0.3, -0.25) is 4.79 Å². The molecule has 1 aliphatic rings. The Balaban J connectivity index is 1.53. The molecule has 2 N–H and O–H groups in total. The van der Waals surface area contributed by atoms with Crippen LogP contribution in [-0.4, -0.2) is 17.4 Å². The average Bonchev–Trinajstić information content (AvgIpc) is 2.67. The maximum Gasteiger partial charge on any atom is 0.254 e. The van der Waals surface area contributed by atoms with Crippen LogP contribution >= 0.6 is 0 Å². The van der Waals surface area contributed by atoms with E-state index in [4.69, 9.17) is 5.73 Å². The molecule has 0 saturated carbocycles. The molecule has 0 bridgehead atoms. The zero-order valence-corrected chi connectivity index (χ0v) is 14.0. The van der Waals surface area contributed by atoms with Crippen LogP contribution in [0.4, 0.5) is 5.69 Å². The summed E-state index contributed by atoms with van der Waals surface area (Å²) in [6, 6.07) is 24.0. The van der Waals surface area contributed by atoms with Gasteiger partial charge < -0.3 is 10.6 Å². The molecule has 0 radical (unpaired) electrons. The molecule has 1 amide bonds. The summed E-state index contributed by atoms with van der Waals surface area (Å²) < 4.78 is 0. The highest BCUT2D eigenvalue weighted by Crippen LogP contribution is 2.24. The number of rotatable bonds is 2. The summed E-state index contributed by atoms with van der Waals surface area (Å²) in [5, 5.41) is 0. The molecule has 3 heteroatoms. The highest BCUT2D eigenvalue weighted by atomic mass is 16.2. The number of hydrogen-bond acceptors (Lipinski definition) is 2. The third-order valence-electron chi connectivity index (χ3n) is 4.77. The second-order valence-electron chi connectivity index (χ2n) is 6.45. The van der Waals surface area contributed by atoms with Crippen LogP contribution in [0.15, 0.2) is 72.8 Å². The van der Waals surface area contributed by atoms with E-state index in [1.165, 1.54) is 5.56 Å². The maximum atomic E-state index is 12.8. The molecule has 0 saturated heterocycles. The van der Waals surface area contributed by atoms with Gasteiger partial charge in [-0.1, -0.05) is 48.5 Å². The van der Waals surface area contributed by atoms with E-state index < -0.39 is 0 Å². The lowest BCUT2D eigenvalue weighted by atomic mass is 9.98. The molecule has 1 aliphatic heterocycles. The van der Waals surface area contributed by atoms with Gasteiger partial charge >= 0.3 is 0 Å². The van der Waals surface area contributed by atoms with Gasteiger partial charge in [-0.2, -0.15) is 0 Å². The van der Waals surface area contributed by atoms with Crippen LogP contribution < -0.4 is 5.73 Å². The van der Waals surface area contributed by atoms with Crippen molar-refractivity contribution in [1.29, 1.82) is 0 Å². The van der Waals surface area contributed by atoms with Gasteiger partial charge in [-0.15, -0.1) is 0 Å².